The Morgan fingerprint density at radius 1 is 1.29 bits per heavy atom. The number of rotatable bonds is 4. The summed E-state index contributed by atoms with van der Waals surface area (Å²) >= 11 is 1.48. The molecular formula is C13H16N6OS. The van der Waals surface area contributed by atoms with E-state index in [1.165, 1.54) is 11.8 Å². The lowest BCUT2D eigenvalue weighted by molar-refractivity contribution is 0.375. The molecular weight excluding hydrogens is 288 g/mol. The van der Waals surface area contributed by atoms with Crippen LogP contribution in [0.1, 0.15) is 42.2 Å². The number of hydrogen-bond acceptors (Lipinski definition) is 7. The fourth-order valence-electron chi connectivity index (χ4n) is 1.98. The third-order valence-corrected chi connectivity index (χ3v) is 3.97. The molecule has 0 radical (unpaired) electrons. The predicted molar refractivity (Wildman–Crippen MR) is 78.2 cm³/mol. The van der Waals surface area contributed by atoms with Gasteiger partial charge in [0.15, 0.2) is 5.82 Å². The maximum absolute atomic E-state index is 5.25. The quantitative estimate of drug-likeness (QED) is 0.685. The van der Waals surface area contributed by atoms with Crippen molar-refractivity contribution in [2.24, 2.45) is 0 Å². The standard InChI is InChI=1S/C13H16N6OS/c1-5-10-15-11(20-18-10)9(4)21-13-16-12-14-7(2)6-8(3)19(12)17-13/h6,9H,5H2,1-4H3. The molecule has 0 aliphatic rings. The lowest BCUT2D eigenvalue weighted by atomic mass is 10.4. The lowest BCUT2D eigenvalue weighted by Crippen LogP contribution is -1.97. The van der Waals surface area contributed by atoms with Crippen LogP contribution in [0.4, 0.5) is 0 Å². The van der Waals surface area contributed by atoms with Crippen LogP contribution < -0.4 is 0 Å². The molecule has 1 atom stereocenters. The minimum absolute atomic E-state index is 0.00313. The molecule has 3 aromatic heterocycles. The molecule has 3 aromatic rings. The molecule has 0 bridgehead atoms. The average molecular weight is 304 g/mol. The summed E-state index contributed by atoms with van der Waals surface area (Å²) in [5, 5.41) is 9.02. The van der Waals surface area contributed by atoms with E-state index in [0.717, 1.165) is 17.8 Å². The van der Waals surface area contributed by atoms with Crippen molar-refractivity contribution in [1.82, 2.24) is 29.7 Å². The zero-order valence-corrected chi connectivity index (χ0v) is 13.2. The highest BCUT2D eigenvalue weighted by Crippen LogP contribution is 2.32. The topological polar surface area (TPSA) is 82.0 Å². The number of aromatic nitrogens is 6. The van der Waals surface area contributed by atoms with E-state index in [0.29, 0.717) is 22.6 Å². The van der Waals surface area contributed by atoms with E-state index in [-0.39, 0.29) is 5.25 Å². The Hall–Kier alpha value is -1.96. The van der Waals surface area contributed by atoms with Gasteiger partial charge in [-0.2, -0.15) is 9.97 Å². The van der Waals surface area contributed by atoms with Gasteiger partial charge in [0.2, 0.25) is 11.0 Å². The summed E-state index contributed by atoms with van der Waals surface area (Å²) in [4.78, 5) is 13.2. The van der Waals surface area contributed by atoms with E-state index in [2.05, 4.69) is 25.2 Å². The number of aryl methyl sites for hydroxylation is 3. The zero-order valence-electron chi connectivity index (χ0n) is 12.4. The van der Waals surface area contributed by atoms with Crippen molar-refractivity contribution in [3.8, 4) is 0 Å². The largest absolute Gasteiger partial charge is 0.338 e. The van der Waals surface area contributed by atoms with Gasteiger partial charge in [-0.3, -0.25) is 0 Å². The highest BCUT2D eigenvalue weighted by atomic mass is 32.2. The Labute approximate surface area is 126 Å². The minimum Gasteiger partial charge on any atom is -0.338 e. The molecule has 0 N–H and O–H groups in total. The van der Waals surface area contributed by atoms with Crippen LogP contribution in [0.3, 0.4) is 0 Å². The zero-order chi connectivity index (χ0) is 15.0. The van der Waals surface area contributed by atoms with Gasteiger partial charge in [-0.25, -0.2) is 9.50 Å². The third-order valence-electron chi connectivity index (χ3n) is 3.03. The molecule has 0 amide bonds. The summed E-state index contributed by atoms with van der Waals surface area (Å²) in [6.45, 7) is 7.92. The molecule has 0 spiro atoms. The van der Waals surface area contributed by atoms with Gasteiger partial charge in [0.1, 0.15) is 0 Å². The van der Waals surface area contributed by atoms with Crippen LogP contribution in [0, 0.1) is 13.8 Å². The summed E-state index contributed by atoms with van der Waals surface area (Å²) in [6.07, 6.45) is 0.760. The predicted octanol–water partition coefficient (Wildman–Crippen LogP) is 2.54. The molecule has 0 aliphatic heterocycles. The first-order chi connectivity index (χ1) is 10.1. The van der Waals surface area contributed by atoms with Gasteiger partial charge in [-0.05, 0) is 26.8 Å². The maximum atomic E-state index is 5.25. The first-order valence-electron chi connectivity index (χ1n) is 6.77. The van der Waals surface area contributed by atoms with Crippen LogP contribution >= 0.6 is 11.8 Å². The first kappa shape index (κ1) is 14.0. The molecule has 0 aliphatic carbocycles. The number of nitrogens with zero attached hydrogens (tertiary/aromatic N) is 6. The van der Waals surface area contributed by atoms with E-state index in [1.807, 2.05) is 33.8 Å². The number of thioether (sulfide) groups is 1. The number of hydrogen-bond donors (Lipinski definition) is 0. The van der Waals surface area contributed by atoms with Crippen molar-refractivity contribution in [1.29, 1.82) is 0 Å². The molecule has 0 saturated carbocycles. The first-order valence-corrected chi connectivity index (χ1v) is 7.65. The summed E-state index contributed by atoms with van der Waals surface area (Å²) in [5.41, 5.74) is 1.94. The summed E-state index contributed by atoms with van der Waals surface area (Å²) in [7, 11) is 0. The molecule has 0 fully saturated rings. The summed E-state index contributed by atoms with van der Waals surface area (Å²) in [6, 6.07) is 1.98. The van der Waals surface area contributed by atoms with E-state index in [1.54, 1.807) is 4.52 Å². The monoisotopic (exact) mass is 304 g/mol. The molecule has 3 heterocycles. The molecule has 0 saturated heterocycles. The van der Waals surface area contributed by atoms with Crippen molar-refractivity contribution in [2.45, 2.75) is 44.5 Å². The van der Waals surface area contributed by atoms with Crippen LogP contribution in [0.5, 0.6) is 0 Å². The fraction of sp³-hybridized carbons (Fsp3) is 0.462. The van der Waals surface area contributed by atoms with Crippen molar-refractivity contribution in [2.75, 3.05) is 0 Å². The average Bonchev–Trinajstić information content (AvgIpc) is 3.04. The number of fused-ring (bicyclic) bond motifs is 1. The van der Waals surface area contributed by atoms with Gasteiger partial charge in [0.05, 0.1) is 5.25 Å². The second-order valence-electron chi connectivity index (χ2n) is 4.81. The van der Waals surface area contributed by atoms with Gasteiger partial charge in [-0.1, -0.05) is 23.8 Å². The highest BCUT2D eigenvalue weighted by Gasteiger charge is 2.18. The molecule has 7 nitrogen and oxygen atoms in total. The molecule has 0 aromatic carbocycles. The Balaban J connectivity index is 1.85. The Morgan fingerprint density at radius 2 is 2.10 bits per heavy atom. The van der Waals surface area contributed by atoms with Crippen molar-refractivity contribution < 1.29 is 4.52 Å². The Kier molecular flexibility index (Phi) is 3.62. The minimum atomic E-state index is -0.00313. The molecule has 21 heavy (non-hydrogen) atoms. The lowest BCUT2D eigenvalue weighted by Gasteiger charge is -2.01. The Morgan fingerprint density at radius 3 is 2.81 bits per heavy atom. The van der Waals surface area contributed by atoms with Crippen molar-refractivity contribution in [3.63, 3.8) is 0 Å². The van der Waals surface area contributed by atoms with E-state index in [4.69, 9.17) is 4.52 Å². The van der Waals surface area contributed by atoms with E-state index < -0.39 is 0 Å². The van der Waals surface area contributed by atoms with Gasteiger partial charge in [0, 0.05) is 17.8 Å². The Bertz CT molecular complexity index is 780. The van der Waals surface area contributed by atoms with Crippen LogP contribution in [0.25, 0.3) is 5.78 Å². The van der Waals surface area contributed by atoms with Gasteiger partial charge in [0.25, 0.3) is 5.78 Å². The van der Waals surface area contributed by atoms with Gasteiger partial charge >= 0.3 is 0 Å². The summed E-state index contributed by atoms with van der Waals surface area (Å²) in [5.74, 6) is 1.92. The van der Waals surface area contributed by atoms with Crippen LogP contribution in [-0.2, 0) is 6.42 Å². The highest BCUT2D eigenvalue weighted by molar-refractivity contribution is 7.99. The SMILES string of the molecule is CCc1noc(C(C)Sc2nc3nc(C)cc(C)n3n2)n1. The molecule has 1 unspecified atom stereocenters. The van der Waals surface area contributed by atoms with Crippen LogP contribution in [-0.4, -0.2) is 29.7 Å². The van der Waals surface area contributed by atoms with E-state index >= 15 is 0 Å². The van der Waals surface area contributed by atoms with E-state index in [9.17, 15) is 0 Å². The smallest absolute Gasteiger partial charge is 0.253 e. The van der Waals surface area contributed by atoms with Crippen LogP contribution in [0.15, 0.2) is 15.7 Å². The van der Waals surface area contributed by atoms with Crippen LogP contribution in [0.2, 0.25) is 0 Å². The normalized spacial score (nSPS) is 13.0. The van der Waals surface area contributed by atoms with Gasteiger partial charge < -0.3 is 4.52 Å². The second-order valence-corrected chi connectivity index (χ2v) is 6.12. The molecule has 3 rings (SSSR count). The fourth-order valence-corrected chi connectivity index (χ4v) is 2.76. The van der Waals surface area contributed by atoms with Crippen molar-refractivity contribution >= 4 is 17.5 Å². The van der Waals surface area contributed by atoms with Gasteiger partial charge in [-0.15, -0.1) is 5.10 Å². The second kappa shape index (κ2) is 5.44. The van der Waals surface area contributed by atoms with Crippen molar-refractivity contribution in [3.05, 3.63) is 29.2 Å². The maximum Gasteiger partial charge on any atom is 0.253 e. The molecule has 110 valence electrons. The third kappa shape index (κ3) is 2.76. The summed E-state index contributed by atoms with van der Waals surface area (Å²) < 4.78 is 6.99. The molecule has 8 heteroatoms.